The summed E-state index contributed by atoms with van der Waals surface area (Å²) in [5.41, 5.74) is 0.229. The Morgan fingerprint density at radius 1 is 1.19 bits per heavy atom. The number of piperidine rings is 1. The summed E-state index contributed by atoms with van der Waals surface area (Å²) in [6.07, 6.45) is 1.87. The summed E-state index contributed by atoms with van der Waals surface area (Å²) in [5.74, 6) is -0.570. The number of nitrogens with zero attached hydrogens (tertiary/aromatic N) is 4. The van der Waals surface area contributed by atoms with Crippen LogP contribution in [0.3, 0.4) is 0 Å². The van der Waals surface area contributed by atoms with Gasteiger partial charge < -0.3 is 9.88 Å². The Kier molecular flexibility index (Phi) is 4.51. The van der Waals surface area contributed by atoms with Gasteiger partial charge in [-0.25, -0.2) is 18.6 Å². The van der Waals surface area contributed by atoms with E-state index in [2.05, 4.69) is 33.8 Å². The lowest BCUT2D eigenvalue weighted by atomic mass is 9.95. The van der Waals surface area contributed by atoms with Crippen LogP contribution >= 0.6 is 0 Å². The summed E-state index contributed by atoms with van der Waals surface area (Å²) in [4.78, 5) is 21.9. The van der Waals surface area contributed by atoms with E-state index in [9.17, 15) is 13.6 Å². The number of hydrogen-bond acceptors (Lipinski definition) is 4. The number of likely N-dealkylation sites (tertiary alicyclic amines) is 1. The van der Waals surface area contributed by atoms with Crippen LogP contribution in [0.5, 0.6) is 0 Å². The second kappa shape index (κ2) is 6.84. The molecule has 142 valence electrons. The highest BCUT2D eigenvalue weighted by molar-refractivity contribution is 5.63. The molecule has 0 amide bonds. The first-order valence-electron chi connectivity index (χ1n) is 9.12. The molecule has 1 N–H and O–H groups in total. The first kappa shape index (κ1) is 17.8. The maximum atomic E-state index is 14.1. The summed E-state index contributed by atoms with van der Waals surface area (Å²) >= 11 is 0. The van der Waals surface area contributed by atoms with Crippen LogP contribution in [0.1, 0.15) is 38.4 Å². The molecule has 0 unspecified atom stereocenters. The number of fused-ring (bicyclic) bond motifs is 1. The van der Waals surface area contributed by atoms with E-state index in [-0.39, 0.29) is 17.2 Å². The summed E-state index contributed by atoms with van der Waals surface area (Å²) in [6, 6.07) is 5.31. The fourth-order valence-corrected chi connectivity index (χ4v) is 3.62. The zero-order valence-corrected chi connectivity index (χ0v) is 15.2. The first-order valence-corrected chi connectivity index (χ1v) is 9.12. The zero-order valence-electron chi connectivity index (χ0n) is 15.2. The predicted octanol–water partition coefficient (Wildman–Crippen LogP) is 2.95. The van der Waals surface area contributed by atoms with Crippen molar-refractivity contribution in [3.05, 3.63) is 52.2 Å². The fourth-order valence-electron chi connectivity index (χ4n) is 3.62. The average Bonchev–Trinajstić information content (AvgIpc) is 3.06. The van der Waals surface area contributed by atoms with Crippen molar-refractivity contribution < 1.29 is 8.78 Å². The summed E-state index contributed by atoms with van der Waals surface area (Å²) < 4.78 is 28.4. The van der Waals surface area contributed by atoms with Gasteiger partial charge in [-0.15, -0.1) is 5.10 Å². The minimum Gasteiger partial charge on any atom is -0.305 e. The van der Waals surface area contributed by atoms with E-state index in [0.29, 0.717) is 17.5 Å². The zero-order chi connectivity index (χ0) is 19.1. The van der Waals surface area contributed by atoms with Crippen LogP contribution in [0.15, 0.2) is 29.1 Å². The van der Waals surface area contributed by atoms with Crippen molar-refractivity contribution in [2.75, 3.05) is 13.1 Å². The molecule has 3 aromatic rings. The maximum absolute atomic E-state index is 14.1. The molecule has 4 rings (SSSR count). The van der Waals surface area contributed by atoms with Gasteiger partial charge in [0.25, 0.3) is 0 Å². The third-order valence-electron chi connectivity index (χ3n) is 5.20. The second-order valence-electron chi connectivity index (χ2n) is 7.26. The monoisotopic (exact) mass is 373 g/mol. The number of aromatic amines is 1. The van der Waals surface area contributed by atoms with Gasteiger partial charge in [-0.05, 0) is 51.9 Å². The number of benzene rings is 1. The molecule has 27 heavy (non-hydrogen) atoms. The van der Waals surface area contributed by atoms with Crippen molar-refractivity contribution in [1.82, 2.24) is 24.5 Å². The quantitative estimate of drug-likeness (QED) is 0.767. The topological polar surface area (TPSA) is 66.3 Å². The van der Waals surface area contributed by atoms with Crippen molar-refractivity contribution in [2.45, 2.75) is 38.6 Å². The largest absolute Gasteiger partial charge is 0.348 e. The van der Waals surface area contributed by atoms with Crippen LogP contribution in [0.25, 0.3) is 16.9 Å². The standard InChI is InChI=1S/C19H21F2N5O/c1-11(2)25-7-5-12(6-8-25)18-23-17-10-16(22-19(27)26(17)24-18)14-4-3-13(20)9-15(14)21/h3-4,9-12H,5-8H2,1-2H3,(H,22,27). The molecule has 0 bridgehead atoms. The maximum Gasteiger partial charge on any atom is 0.348 e. The number of rotatable bonds is 3. The molecule has 0 saturated carbocycles. The predicted molar refractivity (Wildman–Crippen MR) is 97.6 cm³/mol. The Hall–Kier alpha value is -2.61. The molecule has 1 aromatic carbocycles. The molecule has 1 aliphatic heterocycles. The number of hydrogen-bond donors (Lipinski definition) is 1. The highest BCUT2D eigenvalue weighted by Gasteiger charge is 2.25. The van der Waals surface area contributed by atoms with E-state index in [1.807, 2.05) is 0 Å². The Balaban J connectivity index is 1.67. The van der Waals surface area contributed by atoms with Crippen molar-refractivity contribution in [3.8, 4) is 11.3 Å². The van der Waals surface area contributed by atoms with Crippen LogP contribution in [-0.4, -0.2) is 43.6 Å². The summed E-state index contributed by atoms with van der Waals surface area (Å²) in [5, 5.41) is 4.37. The molecule has 0 radical (unpaired) electrons. The summed E-state index contributed by atoms with van der Waals surface area (Å²) in [7, 11) is 0. The van der Waals surface area contributed by atoms with Gasteiger partial charge >= 0.3 is 5.69 Å². The molecule has 3 heterocycles. The molecule has 6 nitrogen and oxygen atoms in total. The molecular weight excluding hydrogens is 352 g/mol. The molecule has 1 fully saturated rings. The normalized spacial score (nSPS) is 16.5. The molecule has 0 aliphatic carbocycles. The molecule has 1 aliphatic rings. The van der Waals surface area contributed by atoms with E-state index in [1.165, 1.54) is 10.6 Å². The summed E-state index contributed by atoms with van der Waals surface area (Å²) in [6.45, 7) is 6.30. The second-order valence-corrected chi connectivity index (χ2v) is 7.26. The van der Waals surface area contributed by atoms with Gasteiger partial charge in [-0.1, -0.05) is 0 Å². The Bertz CT molecular complexity index is 1030. The van der Waals surface area contributed by atoms with E-state index in [0.717, 1.165) is 38.1 Å². The van der Waals surface area contributed by atoms with Gasteiger partial charge in [0, 0.05) is 29.7 Å². The van der Waals surface area contributed by atoms with E-state index >= 15 is 0 Å². The molecule has 2 aromatic heterocycles. The lowest BCUT2D eigenvalue weighted by molar-refractivity contribution is 0.169. The molecule has 1 saturated heterocycles. The molecule has 0 atom stereocenters. The van der Waals surface area contributed by atoms with Crippen LogP contribution in [0.4, 0.5) is 8.78 Å². The highest BCUT2D eigenvalue weighted by atomic mass is 19.1. The lowest BCUT2D eigenvalue weighted by Gasteiger charge is -2.33. The van der Waals surface area contributed by atoms with Gasteiger partial charge in [-0.3, -0.25) is 0 Å². The Morgan fingerprint density at radius 3 is 2.59 bits per heavy atom. The number of nitrogens with one attached hydrogen (secondary N) is 1. The van der Waals surface area contributed by atoms with Crippen LogP contribution in [0.2, 0.25) is 0 Å². The minimum atomic E-state index is -0.740. The number of aromatic nitrogens is 4. The molecule has 0 spiro atoms. The Labute approximate surface area is 154 Å². The minimum absolute atomic E-state index is 0.116. The number of H-pyrrole nitrogens is 1. The number of halogens is 2. The van der Waals surface area contributed by atoms with Crippen molar-refractivity contribution in [2.24, 2.45) is 0 Å². The van der Waals surface area contributed by atoms with Crippen LogP contribution in [-0.2, 0) is 0 Å². The lowest BCUT2D eigenvalue weighted by Crippen LogP contribution is -2.38. The van der Waals surface area contributed by atoms with Gasteiger partial charge in [0.05, 0.1) is 5.69 Å². The van der Waals surface area contributed by atoms with Gasteiger partial charge in [0.2, 0.25) is 0 Å². The third-order valence-corrected chi connectivity index (χ3v) is 5.20. The van der Waals surface area contributed by atoms with Gasteiger partial charge in [0.15, 0.2) is 11.5 Å². The van der Waals surface area contributed by atoms with Gasteiger partial charge in [0.1, 0.15) is 11.6 Å². The van der Waals surface area contributed by atoms with Crippen molar-refractivity contribution in [3.63, 3.8) is 0 Å². The van der Waals surface area contributed by atoms with Crippen LogP contribution in [0, 0.1) is 11.6 Å². The fraction of sp³-hybridized carbons (Fsp3) is 0.421. The Morgan fingerprint density at radius 2 is 1.93 bits per heavy atom. The van der Waals surface area contributed by atoms with Crippen molar-refractivity contribution >= 4 is 5.65 Å². The van der Waals surface area contributed by atoms with E-state index in [1.54, 1.807) is 6.07 Å². The van der Waals surface area contributed by atoms with Gasteiger partial charge in [-0.2, -0.15) is 4.52 Å². The smallest absolute Gasteiger partial charge is 0.305 e. The average molecular weight is 373 g/mol. The van der Waals surface area contributed by atoms with Crippen molar-refractivity contribution in [1.29, 1.82) is 0 Å². The highest BCUT2D eigenvalue weighted by Crippen LogP contribution is 2.27. The third kappa shape index (κ3) is 3.37. The SMILES string of the molecule is CC(C)N1CCC(c2nc3cc(-c4ccc(F)cc4F)[nH]c(=O)n3n2)CC1. The van der Waals surface area contributed by atoms with E-state index in [4.69, 9.17) is 0 Å². The molecular formula is C19H21F2N5O. The first-order chi connectivity index (χ1) is 12.9. The molecule has 8 heteroatoms. The van der Waals surface area contributed by atoms with Crippen LogP contribution < -0.4 is 5.69 Å². The van der Waals surface area contributed by atoms with E-state index < -0.39 is 17.3 Å².